The van der Waals surface area contributed by atoms with Crippen molar-refractivity contribution < 1.29 is 14.6 Å². The minimum Gasteiger partial charge on any atom is -0.454 e. The van der Waals surface area contributed by atoms with Crippen LogP contribution in [-0.2, 0) is 13.2 Å². The monoisotopic (exact) mass is 332 g/mol. The summed E-state index contributed by atoms with van der Waals surface area (Å²) in [6.45, 7) is 0.955. The number of ether oxygens (including phenoxy) is 2. The normalized spacial score (nSPS) is 13.0. The van der Waals surface area contributed by atoms with Gasteiger partial charge in [-0.1, -0.05) is 24.3 Å². The van der Waals surface area contributed by atoms with E-state index in [1.165, 1.54) is 0 Å². The number of hydrogen-bond donors (Lipinski definition) is 1. The van der Waals surface area contributed by atoms with Gasteiger partial charge >= 0.3 is 0 Å². The Kier molecular flexibility index (Phi) is 3.15. The van der Waals surface area contributed by atoms with Crippen molar-refractivity contribution in [2.24, 2.45) is 0 Å². The summed E-state index contributed by atoms with van der Waals surface area (Å²) in [4.78, 5) is 4.60. The highest BCUT2D eigenvalue weighted by Crippen LogP contribution is 2.34. The summed E-state index contributed by atoms with van der Waals surface area (Å²) >= 11 is 0. The first-order valence-corrected chi connectivity index (χ1v) is 8.19. The maximum absolute atomic E-state index is 9.43. The molecule has 2 aromatic carbocycles. The van der Waals surface area contributed by atoms with Gasteiger partial charge in [0, 0.05) is 23.5 Å². The molecule has 0 radical (unpaired) electrons. The van der Waals surface area contributed by atoms with Gasteiger partial charge < -0.3 is 19.1 Å². The summed E-state index contributed by atoms with van der Waals surface area (Å²) in [6, 6.07) is 16.3. The van der Waals surface area contributed by atoms with E-state index >= 15 is 0 Å². The average molecular weight is 332 g/mol. The molecule has 1 aliphatic heterocycles. The van der Waals surface area contributed by atoms with E-state index in [9.17, 15) is 5.11 Å². The van der Waals surface area contributed by atoms with Gasteiger partial charge in [-0.05, 0) is 35.4 Å². The molecule has 3 heterocycles. The molecular weight excluding hydrogens is 316 g/mol. The first kappa shape index (κ1) is 14.3. The lowest BCUT2D eigenvalue weighted by Crippen LogP contribution is -2.01. The molecule has 0 saturated carbocycles. The van der Waals surface area contributed by atoms with Crippen molar-refractivity contribution in [2.75, 3.05) is 6.79 Å². The van der Waals surface area contributed by atoms with E-state index in [4.69, 9.17) is 9.47 Å². The first-order chi connectivity index (χ1) is 12.3. The molecule has 0 atom stereocenters. The summed E-state index contributed by atoms with van der Waals surface area (Å²) in [5.41, 5.74) is 3.98. The second kappa shape index (κ2) is 5.50. The molecule has 0 fully saturated rings. The molecule has 2 aromatic heterocycles. The first-order valence-electron chi connectivity index (χ1n) is 8.19. The highest BCUT2D eigenvalue weighted by atomic mass is 16.7. The molecule has 4 aromatic rings. The van der Waals surface area contributed by atoms with E-state index in [0.717, 1.165) is 44.6 Å². The molecule has 5 nitrogen and oxygen atoms in total. The Hall–Kier alpha value is -3.05. The fourth-order valence-corrected chi connectivity index (χ4v) is 3.43. The Morgan fingerprint density at radius 3 is 2.76 bits per heavy atom. The van der Waals surface area contributed by atoms with Gasteiger partial charge in [-0.15, -0.1) is 0 Å². The lowest BCUT2D eigenvalue weighted by atomic mass is 10.1. The molecule has 0 unspecified atom stereocenters. The van der Waals surface area contributed by atoms with Crippen LogP contribution < -0.4 is 9.47 Å². The third kappa shape index (κ3) is 2.24. The molecule has 124 valence electrons. The topological polar surface area (TPSA) is 56.5 Å². The van der Waals surface area contributed by atoms with Crippen molar-refractivity contribution >= 4 is 21.9 Å². The van der Waals surface area contributed by atoms with E-state index in [2.05, 4.69) is 27.8 Å². The minimum atomic E-state index is -0.00932. The zero-order valence-corrected chi connectivity index (χ0v) is 13.5. The third-order valence-corrected chi connectivity index (χ3v) is 4.62. The zero-order chi connectivity index (χ0) is 16.8. The predicted molar refractivity (Wildman–Crippen MR) is 94.8 cm³/mol. The standard InChI is InChI=1S/C20H16N2O3/c23-11-14-7-16-15-3-1-2-4-17(15)22(20(16)21-9-14)10-13-5-6-18-19(8-13)25-12-24-18/h1-9,23H,10-12H2. The Balaban J connectivity index is 1.69. The van der Waals surface area contributed by atoms with Crippen molar-refractivity contribution in [1.82, 2.24) is 9.55 Å². The van der Waals surface area contributed by atoms with Gasteiger partial charge in [-0.3, -0.25) is 0 Å². The van der Waals surface area contributed by atoms with Crippen LogP contribution >= 0.6 is 0 Å². The molecule has 25 heavy (non-hydrogen) atoms. The number of hydrogen-bond acceptors (Lipinski definition) is 4. The van der Waals surface area contributed by atoms with Gasteiger partial charge in [0.05, 0.1) is 12.1 Å². The largest absolute Gasteiger partial charge is 0.454 e. The predicted octanol–water partition coefficient (Wildman–Crippen LogP) is 3.46. The number of pyridine rings is 1. The van der Waals surface area contributed by atoms with Gasteiger partial charge in [0.25, 0.3) is 0 Å². The SMILES string of the molecule is OCc1cnc2c(c1)c1ccccc1n2Cc1ccc2c(c1)OCO2. The minimum absolute atomic E-state index is 0.00932. The number of rotatable bonds is 3. The number of fused-ring (bicyclic) bond motifs is 4. The summed E-state index contributed by atoms with van der Waals surface area (Å²) < 4.78 is 13.1. The maximum Gasteiger partial charge on any atom is 0.231 e. The van der Waals surface area contributed by atoms with Crippen LogP contribution in [0.2, 0.25) is 0 Å². The van der Waals surface area contributed by atoms with Crippen molar-refractivity contribution in [3.05, 3.63) is 65.9 Å². The van der Waals surface area contributed by atoms with Crippen LogP contribution in [0, 0.1) is 0 Å². The highest BCUT2D eigenvalue weighted by Gasteiger charge is 2.16. The van der Waals surface area contributed by atoms with Crippen molar-refractivity contribution in [1.29, 1.82) is 0 Å². The fraction of sp³-hybridized carbons (Fsp3) is 0.150. The molecule has 5 rings (SSSR count). The summed E-state index contributed by atoms with van der Waals surface area (Å²) in [7, 11) is 0. The van der Waals surface area contributed by atoms with Gasteiger partial charge in [0.15, 0.2) is 11.5 Å². The molecule has 0 bridgehead atoms. The lowest BCUT2D eigenvalue weighted by molar-refractivity contribution is 0.174. The molecule has 0 saturated heterocycles. The molecule has 0 amide bonds. The Morgan fingerprint density at radius 2 is 1.84 bits per heavy atom. The fourth-order valence-electron chi connectivity index (χ4n) is 3.43. The van der Waals surface area contributed by atoms with Gasteiger partial charge in [-0.25, -0.2) is 4.98 Å². The van der Waals surface area contributed by atoms with E-state index in [0.29, 0.717) is 6.54 Å². The van der Waals surface area contributed by atoms with E-state index in [1.807, 2.05) is 30.3 Å². The molecule has 0 spiro atoms. The van der Waals surface area contributed by atoms with Crippen molar-refractivity contribution in [3.8, 4) is 11.5 Å². The molecule has 1 aliphatic rings. The second-order valence-electron chi connectivity index (χ2n) is 6.16. The second-order valence-corrected chi connectivity index (χ2v) is 6.16. The number of para-hydroxylation sites is 1. The van der Waals surface area contributed by atoms with Crippen LogP contribution in [0.25, 0.3) is 21.9 Å². The van der Waals surface area contributed by atoms with Crippen LogP contribution in [0.1, 0.15) is 11.1 Å². The third-order valence-electron chi connectivity index (χ3n) is 4.62. The van der Waals surface area contributed by atoms with Gasteiger partial charge in [-0.2, -0.15) is 0 Å². The smallest absolute Gasteiger partial charge is 0.231 e. The maximum atomic E-state index is 9.43. The van der Waals surface area contributed by atoms with Crippen molar-refractivity contribution in [2.45, 2.75) is 13.2 Å². The number of aliphatic hydroxyl groups is 1. The highest BCUT2D eigenvalue weighted by molar-refractivity contribution is 6.06. The van der Waals surface area contributed by atoms with E-state index in [-0.39, 0.29) is 13.4 Å². The molecule has 1 N–H and O–H groups in total. The van der Waals surface area contributed by atoms with Crippen LogP contribution in [0.5, 0.6) is 11.5 Å². The van der Waals surface area contributed by atoms with E-state index < -0.39 is 0 Å². The van der Waals surface area contributed by atoms with Crippen molar-refractivity contribution in [3.63, 3.8) is 0 Å². The number of benzene rings is 2. The number of aromatic nitrogens is 2. The summed E-state index contributed by atoms with van der Waals surface area (Å²) in [6.07, 6.45) is 1.73. The van der Waals surface area contributed by atoms with Crippen LogP contribution in [0.4, 0.5) is 0 Å². The Labute approximate surface area is 144 Å². The lowest BCUT2D eigenvalue weighted by Gasteiger charge is -2.08. The van der Waals surface area contributed by atoms with Gasteiger partial charge in [0.1, 0.15) is 5.65 Å². The Bertz CT molecular complexity index is 1100. The number of nitrogens with zero attached hydrogens (tertiary/aromatic N) is 2. The molecule has 5 heteroatoms. The Morgan fingerprint density at radius 1 is 0.960 bits per heavy atom. The molecule has 0 aliphatic carbocycles. The van der Waals surface area contributed by atoms with E-state index in [1.54, 1.807) is 6.20 Å². The van der Waals surface area contributed by atoms with Crippen LogP contribution in [0.15, 0.2) is 54.7 Å². The average Bonchev–Trinajstić information content (AvgIpc) is 3.24. The molecular formula is C20H16N2O3. The number of aliphatic hydroxyl groups excluding tert-OH is 1. The van der Waals surface area contributed by atoms with Crippen LogP contribution in [-0.4, -0.2) is 21.5 Å². The van der Waals surface area contributed by atoms with Gasteiger partial charge in [0.2, 0.25) is 6.79 Å². The summed E-state index contributed by atoms with van der Waals surface area (Å²) in [5.74, 6) is 1.57. The summed E-state index contributed by atoms with van der Waals surface area (Å²) in [5, 5.41) is 11.6. The zero-order valence-electron chi connectivity index (χ0n) is 13.5. The van der Waals surface area contributed by atoms with Crippen LogP contribution in [0.3, 0.4) is 0 Å². The quantitative estimate of drug-likeness (QED) is 0.624.